The normalized spacial score (nSPS) is 14.8. The number of nitrogens with one attached hydrogen (secondary N) is 2. The number of amides is 2. The summed E-state index contributed by atoms with van der Waals surface area (Å²) in [5.74, 6) is 2.89. The molecule has 2 aromatic carbocycles. The minimum absolute atomic E-state index is 0.0976. The lowest BCUT2D eigenvalue weighted by atomic mass is 9.93. The fourth-order valence-corrected chi connectivity index (χ4v) is 3.46. The summed E-state index contributed by atoms with van der Waals surface area (Å²) in [5.41, 5.74) is 0.931. The second-order valence-corrected chi connectivity index (χ2v) is 9.50. The summed E-state index contributed by atoms with van der Waals surface area (Å²) in [7, 11) is 1.57. The van der Waals surface area contributed by atoms with Gasteiger partial charge in [0, 0.05) is 29.3 Å². The molecule has 5 rings (SSSR count). The third-order valence-corrected chi connectivity index (χ3v) is 5.51. The first-order valence-electron chi connectivity index (χ1n) is 11.7. The molecule has 1 atom stereocenters. The Labute approximate surface area is 213 Å². The molecule has 2 amide bonds. The van der Waals surface area contributed by atoms with Crippen molar-refractivity contribution in [2.24, 2.45) is 0 Å². The molecule has 11 nitrogen and oxygen atoms in total. The van der Waals surface area contributed by atoms with Crippen molar-refractivity contribution in [1.82, 2.24) is 15.1 Å². The zero-order valence-electron chi connectivity index (χ0n) is 20.9. The molecule has 1 saturated heterocycles. The number of epoxide rings is 1. The van der Waals surface area contributed by atoms with Gasteiger partial charge in [0.2, 0.25) is 5.88 Å². The van der Waals surface area contributed by atoms with Gasteiger partial charge >= 0.3 is 6.03 Å². The third-order valence-electron chi connectivity index (χ3n) is 5.51. The molecular weight excluding hydrogens is 478 g/mol. The van der Waals surface area contributed by atoms with Crippen LogP contribution < -0.4 is 24.8 Å². The molecule has 2 N–H and O–H groups in total. The first kappa shape index (κ1) is 24.3. The number of benzene rings is 2. The molecule has 3 heterocycles. The van der Waals surface area contributed by atoms with Gasteiger partial charge in [-0.25, -0.2) is 14.8 Å². The van der Waals surface area contributed by atoms with Crippen LogP contribution in [0, 0.1) is 0 Å². The van der Waals surface area contributed by atoms with E-state index in [1.807, 2.05) is 20.8 Å². The van der Waals surface area contributed by atoms with Gasteiger partial charge in [-0.1, -0.05) is 32.0 Å². The van der Waals surface area contributed by atoms with Crippen LogP contribution in [0.25, 0.3) is 10.9 Å². The number of fused-ring (bicyclic) bond motifs is 1. The van der Waals surface area contributed by atoms with Crippen molar-refractivity contribution in [3.05, 3.63) is 54.6 Å². The summed E-state index contributed by atoms with van der Waals surface area (Å²) in [6.45, 7) is 7.10. The maximum Gasteiger partial charge on any atom is 0.324 e. The first-order chi connectivity index (χ1) is 17.8. The Kier molecular flexibility index (Phi) is 6.53. The number of methoxy groups -OCH3 is 1. The predicted molar refractivity (Wildman–Crippen MR) is 136 cm³/mol. The Morgan fingerprint density at radius 3 is 2.68 bits per heavy atom. The molecule has 1 aliphatic heterocycles. The average Bonchev–Trinajstić information content (AvgIpc) is 3.57. The number of carbonyl (C=O) groups excluding carboxylic acids is 1. The van der Waals surface area contributed by atoms with Gasteiger partial charge in [-0.05, 0) is 18.2 Å². The average molecular weight is 506 g/mol. The Morgan fingerprint density at radius 1 is 1.11 bits per heavy atom. The van der Waals surface area contributed by atoms with Crippen LogP contribution in [0.1, 0.15) is 26.5 Å². The van der Waals surface area contributed by atoms with E-state index in [0.29, 0.717) is 64.5 Å². The maximum absolute atomic E-state index is 12.5. The highest BCUT2D eigenvalue weighted by Crippen LogP contribution is 2.36. The van der Waals surface area contributed by atoms with Crippen molar-refractivity contribution in [3.63, 3.8) is 0 Å². The van der Waals surface area contributed by atoms with Crippen molar-refractivity contribution >= 4 is 28.4 Å². The quantitative estimate of drug-likeness (QED) is 0.312. The number of rotatable bonds is 8. The third kappa shape index (κ3) is 5.89. The minimum Gasteiger partial charge on any atom is -0.493 e. The predicted octanol–water partition coefficient (Wildman–Crippen LogP) is 5.14. The van der Waals surface area contributed by atoms with Gasteiger partial charge in [0.1, 0.15) is 30.5 Å². The topological polar surface area (TPSA) is 133 Å². The number of hydrogen-bond acceptors (Lipinski definition) is 9. The van der Waals surface area contributed by atoms with Gasteiger partial charge in [0.05, 0.1) is 24.6 Å². The second kappa shape index (κ2) is 9.94. The monoisotopic (exact) mass is 505 g/mol. The molecule has 2 aromatic heterocycles. The molecule has 11 heteroatoms. The molecule has 1 aliphatic rings. The van der Waals surface area contributed by atoms with Gasteiger partial charge in [-0.2, -0.15) is 0 Å². The van der Waals surface area contributed by atoms with E-state index in [1.54, 1.807) is 49.6 Å². The van der Waals surface area contributed by atoms with Crippen LogP contribution >= 0.6 is 0 Å². The van der Waals surface area contributed by atoms with Crippen molar-refractivity contribution in [1.29, 1.82) is 0 Å². The van der Waals surface area contributed by atoms with Gasteiger partial charge in [-0.3, -0.25) is 5.32 Å². The number of anilines is 2. The van der Waals surface area contributed by atoms with Crippen molar-refractivity contribution in [3.8, 4) is 23.1 Å². The van der Waals surface area contributed by atoms with E-state index in [1.165, 1.54) is 6.33 Å². The van der Waals surface area contributed by atoms with Crippen molar-refractivity contribution in [2.75, 3.05) is 31.0 Å². The summed E-state index contributed by atoms with van der Waals surface area (Å²) in [5, 5.41) is 9.98. The molecule has 37 heavy (non-hydrogen) atoms. The van der Waals surface area contributed by atoms with Gasteiger partial charge in [-0.15, -0.1) is 0 Å². The highest BCUT2D eigenvalue weighted by molar-refractivity contribution is 5.99. The molecule has 0 radical (unpaired) electrons. The molecule has 192 valence electrons. The number of nitrogens with zero attached hydrogens (tertiary/aromatic N) is 3. The number of hydrogen-bond donors (Lipinski definition) is 2. The smallest absolute Gasteiger partial charge is 0.324 e. The molecule has 4 aromatic rings. The van der Waals surface area contributed by atoms with E-state index >= 15 is 0 Å². The molecule has 0 spiro atoms. The van der Waals surface area contributed by atoms with E-state index in [-0.39, 0.29) is 11.5 Å². The number of urea groups is 1. The van der Waals surface area contributed by atoms with E-state index in [4.69, 9.17) is 23.5 Å². The van der Waals surface area contributed by atoms with Crippen LogP contribution in [-0.2, 0) is 10.2 Å². The maximum atomic E-state index is 12.5. The molecule has 0 bridgehead atoms. The van der Waals surface area contributed by atoms with E-state index in [2.05, 4.69) is 25.8 Å². The van der Waals surface area contributed by atoms with Crippen molar-refractivity contribution < 1.29 is 28.3 Å². The lowest BCUT2D eigenvalue weighted by molar-refractivity contribution is 0.252. The Balaban J connectivity index is 1.31. The second-order valence-electron chi connectivity index (χ2n) is 9.50. The SMILES string of the molecule is COc1cc2ncnc(Oc3cccc(NC(=O)Nc4cc(C(C)(C)C)on4)c3)c2cc1OC[C@H]1CO1. The van der Waals surface area contributed by atoms with E-state index < -0.39 is 6.03 Å². The molecule has 0 unspecified atom stereocenters. The lowest BCUT2D eigenvalue weighted by Crippen LogP contribution is -2.19. The first-order valence-corrected chi connectivity index (χ1v) is 11.7. The van der Waals surface area contributed by atoms with E-state index in [9.17, 15) is 4.79 Å². The fraction of sp³-hybridized carbons (Fsp3) is 0.308. The summed E-state index contributed by atoms with van der Waals surface area (Å²) >= 11 is 0. The van der Waals surface area contributed by atoms with Crippen LogP contribution in [0.5, 0.6) is 23.1 Å². The standard InChI is InChI=1S/C26H27N5O6/c1-26(2,3)22-11-23(31-37-22)30-25(32)29-15-6-5-7-16(8-15)36-24-18-9-21(35-13-17-12-34-17)20(33-4)10-19(18)27-14-28-24/h5-11,14,17H,12-13H2,1-4H3,(H2,29,30,31,32)/t17-/m1/s1. The van der Waals surface area contributed by atoms with Gasteiger partial charge in [0.25, 0.3) is 0 Å². The zero-order chi connectivity index (χ0) is 26.0. The van der Waals surface area contributed by atoms with Crippen LogP contribution in [0.15, 0.2) is 53.3 Å². The molecule has 0 saturated carbocycles. The largest absolute Gasteiger partial charge is 0.493 e. The lowest BCUT2D eigenvalue weighted by Gasteiger charge is -2.13. The summed E-state index contributed by atoms with van der Waals surface area (Å²) in [6, 6.07) is 11.7. The Morgan fingerprint density at radius 2 is 1.95 bits per heavy atom. The summed E-state index contributed by atoms with van der Waals surface area (Å²) < 4.78 is 27.9. The van der Waals surface area contributed by atoms with Crippen LogP contribution in [0.4, 0.5) is 16.3 Å². The number of carbonyl (C=O) groups is 1. The molecular formula is C26H27N5O6. The van der Waals surface area contributed by atoms with Gasteiger partial charge < -0.3 is 28.8 Å². The van der Waals surface area contributed by atoms with Crippen LogP contribution in [0.2, 0.25) is 0 Å². The van der Waals surface area contributed by atoms with Crippen molar-refractivity contribution in [2.45, 2.75) is 32.3 Å². The highest BCUT2D eigenvalue weighted by Gasteiger charge is 2.24. The molecule has 1 fully saturated rings. The summed E-state index contributed by atoms with van der Waals surface area (Å²) in [6.07, 6.45) is 1.51. The highest BCUT2D eigenvalue weighted by atomic mass is 16.6. The number of aromatic nitrogens is 3. The zero-order valence-corrected chi connectivity index (χ0v) is 20.9. The van der Waals surface area contributed by atoms with E-state index in [0.717, 1.165) is 0 Å². The summed E-state index contributed by atoms with van der Waals surface area (Å²) in [4.78, 5) is 21.1. The Bertz CT molecular complexity index is 1430. The van der Waals surface area contributed by atoms with Crippen LogP contribution in [-0.4, -0.2) is 47.6 Å². The minimum atomic E-state index is -0.466. The fourth-order valence-electron chi connectivity index (χ4n) is 3.46. The number of ether oxygens (including phenoxy) is 4. The van der Waals surface area contributed by atoms with Gasteiger partial charge in [0.15, 0.2) is 17.3 Å². The Hall–Kier alpha value is -4.38. The van der Waals surface area contributed by atoms with Crippen LogP contribution in [0.3, 0.4) is 0 Å². The molecule has 0 aliphatic carbocycles.